The number of fused-ring (bicyclic) bond motifs is 1. The summed E-state index contributed by atoms with van der Waals surface area (Å²) in [6, 6.07) is 1.78. The fourth-order valence-electron chi connectivity index (χ4n) is 1.51. The Labute approximate surface area is 93.8 Å². The molecule has 2 heterocycles. The van der Waals surface area contributed by atoms with E-state index in [9.17, 15) is 9.59 Å². The van der Waals surface area contributed by atoms with Gasteiger partial charge in [-0.05, 0) is 22.0 Å². The first-order valence-electron chi connectivity index (χ1n) is 4.23. The summed E-state index contributed by atoms with van der Waals surface area (Å²) in [6.07, 6.45) is 1.53. The Bertz CT molecular complexity index is 447. The van der Waals surface area contributed by atoms with Crippen LogP contribution in [0.1, 0.15) is 16.1 Å². The molecule has 0 aliphatic carbocycles. The van der Waals surface area contributed by atoms with Gasteiger partial charge in [-0.1, -0.05) is 0 Å². The number of nitrogens with zero attached hydrogens (tertiary/aromatic N) is 2. The predicted octanol–water partition coefficient (Wildman–Crippen LogP) is 0.885. The highest BCUT2D eigenvalue weighted by Crippen LogP contribution is 2.23. The Balaban J connectivity index is 2.29. The molecule has 0 atom stereocenters. The monoisotopic (exact) mass is 270 g/mol. The lowest BCUT2D eigenvalue weighted by Crippen LogP contribution is -2.30. The van der Waals surface area contributed by atoms with Crippen molar-refractivity contribution in [2.24, 2.45) is 0 Å². The molecule has 0 bridgehead atoms. The Morgan fingerprint density at radius 2 is 2.40 bits per heavy atom. The lowest BCUT2D eigenvalue weighted by molar-refractivity contribution is -0.137. The van der Waals surface area contributed by atoms with Gasteiger partial charge in [0.1, 0.15) is 12.2 Å². The van der Waals surface area contributed by atoms with Gasteiger partial charge in [-0.15, -0.1) is 0 Å². The average Bonchev–Trinajstić information content (AvgIpc) is 2.42. The predicted molar refractivity (Wildman–Crippen MR) is 54.3 cm³/mol. The highest BCUT2D eigenvalue weighted by molar-refractivity contribution is 9.10. The number of carbonyl (C=O) groups excluding carboxylic acids is 1. The minimum atomic E-state index is -1.02. The quantitative estimate of drug-likeness (QED) is 0.867. The molecule has 0 spiro atoms. The highest BCUT2D eigenvalue weighted by atomic mass is 79.9. The maximum atomic E-state index is 11.6. The molecule has 1 aliphatic heterocycles. The molecule has 0 saturated carbocycles. The van der Waals surface area contributed by atoms with Crippen molar-refractivity contribution in [1.29, 1.82) is 0 Å². The topological polar surface area (TPSA) is 70.5 Å². The van der Waals surface area contributed by atoms with E-state index in [1.807, 2.05) is 0 Å². The van der Waals surface area contributed by atoms with Crippen molar-refractivity contribution in [3.63, 3.8) is 0 Å². The molecule has 0 unspecified atom stereocenters. The van der Waals surface area contributed by atoms with Gasteiger partial charge in [0.05, 0.1) is 0 Å². The maximum absolute atomic E-state index is 11.6. The first kappa shape index (κ1) is 10.1. The second kappa shape index (κ2) is 3.62. The van der Waals surface area contributed by atoms with E-state index in [2.05, 4.69) is 20.9 Å². The summed E-state index contributed by atoms with van der Waals surface area (Å²) in [5.74, 6) is -1.34. The molecular weight excluding hydrogens is 264 g/mol. The first-order chi connectivity index (χ1) is 7.08. The number of hydrogen-bond acceptors (Lipinski definition) is 3. The molecule has 0 radical (unpaired) electrons. The fraction of sp³-hybridized carbons (Fsp3) is 0.222. The van der Waals surface area contributed by atoms with Crippen molar-refractivity contribution in [2.45, 2.75) is 6.54 Å². The van der Waals surface area contributed by atoms with E-state index in [1.54, 1.807) is 6.07 Å². The zero-order valence-corrected chi connectivity index (χ0v) is 9.19. The van der Waals surface area contributed by atoms with Crippen LogP contribution in [0.4, 0.5) is 0 Å². The normalized spacial score (nSPS) is 14.2. The number of aliphatic carboxylic acids is 1. The highest BCUT2D eigenvalue weighted by Gasteiger charge is 2.29. The number of aromatic nitrogens is 1. The van der Waals surface area contributed by atoms with Crippen LogP contribution in [0.2, 0.25) is 0 Å². The van der Waals surface area contributed by atoms with E-state index < -0.39 is 5.97 Å². The lowest BCUT2D eigenvalue weighted by Gasteiger charge is -2.10. The van der Waals surface area contributed by atoms with Crippen LogP contribution < -0.4 is 0 Å². The minimum Gasteiger partial charge on any atom is -0.480 e. The number of hydrogen-bond donors (Lipinski definition) is 1. The van der Waals surface area contributed by atoms with Crippen molar-refractivity contribution in [3.05, 3.63) is 28.0 Å². The van der Waals surface area contributed by atoms with Gasteiger partial charge in [0, 0.05) is 22.8 Å². The number of pyridine rings is 1. The van der Waals surface area contributed by atoms with Crippen LogP contribution in [0.5, 0.6) is 0 Å². The number of carboxylic acid groups (broad SMARTS) is 1. The van der Waals surface area contributed by atoms with Crippen molar-refractivity contribution in [2.75, 3.05) is 6.54 Å². The van der Waals surface area contributed by atoms with Crippen LogP contribution >= 0.6 is 15.9 Å². The molecule has 2 rings (SSSR count). The van der Waals surface area contributed by atoms with Gasteiger partial charge in [-0.25, -0.2) is 4.98 Å². The zero-order valence-electron chi connectivity index (χ0n) is 7.61. The summed E-state index contributed by atoms with van der Waals surface area (Å²) in [5.41, 5.74) is 1.11. The van der Waals surface area contributed by atoms with E-state index in [0.29, 0.717) is 12.2 Å². The van der Waals surface area contributed by atoms with Crippen LogP contribution in [0.15, 0.2) is 16.7 Å². The third kappa shape index (κ3) is 1.85. The Kier molecular flexibility index (Phi) is 2.44. The number of carboxylic acids is 1. The van der Waals surface area contributed by atoms with Crippen molar-refractivity contribution < 1.29 is 14.7 Å². The van der Waals surface area contributed by atoms with Crippen LogP contribution in [-0.2, 0) is 11.3 Å². The SMILES string of the molecule is O=C(O)CN1Cc2cc(Br)cnc2C1=O. The third-order valence-electron chi connectivity index (χ3n) is 2.11. The van der Waals surface area contributed by atoms with Gasteiger partial charge in [-0.2, -0.15) is 0 Å². The Morgan fingerprint density at radius 1 is 1.67 bits per heavy atom. The van der Waals surface area contributed by atoms with Gasteiger partial charge in [0.2, 0.25) is 0 Å². The van der Waals surface area contributed by atoms with Gasteiger partial charge in [0.15, 0.2) is 0 Å². The summed E-state index contributed by atoms with van der Waals surface area (Å²) in [4.78, 5) is 27.3. The summed E-state index contributed by atoms with van der Waals surface area (Å²) in [7, 11) is 0. The molecule has 6 heteroatoms. The van der Waals surface area contributed by atoms with E-state index in [1.165, 1.54) is 11.1 Å². The Morgan fingerprint density at radius 3 is 3.07 bits per heavy atom. The zero-order chi connectivity index (χ0) is 11.0. The standard InChI is InChI=1S/C9H7BrN2O3/c10-6-1-5-3-12(4-7(13)14)9(15)8(5)11-2-6/h1-2H,3-4H2,(H,13,14). The van der Waals surface area contributed by atoms with E-state index in [-0.39, 0.29) is 12.5 Å². The van der Waals surface area contributed by atoms with Crippen molar-refractivity contribution >= 4 is 27.8 Å². The van der Waals surface area contributed by atoms with Crippen LogP contribution in [-0.4, -0.2) is 33.4 Å². The molecule has 0 saturated heterocycles. The maximum Gasteiger partial charge on any atom is 0.323 e. The smallest absolute Gasteiger partial charge is 0.323 e. The molecule has 78 valence electrons. The van der Waals surface area contributed by atoms with Crippen LogP contribution in [0.25, 0.3) is 0 Å². The molecule has 1 N–H and O–H groups in total. The summed E-state index contributed by atoms with van der Waals surface area (Å²) in [5, 5.41) is 8.60. The second-order valence-corrected chi connectivity index (χ2v) is 4.13. The molecule has 0 aromatic carbocycles. The minimum absolute atomic E-state index is 0.285. The third-order valence-corrected chi connectivity index (χ3v) is 2.54. The fourth-order valence-corrected chi connectivity index (χ4v) is 1.89. The number of rotatable bonds is 2. The molecule has 15 heavy (non-hydrogen) atoms. The molecule has 5 nitrogen and oxygen atoms in total. The van der Waals surface area contributed by atoms with E-state index in [0.717, 1.165) is 10.0 Å². The first-order valence-corrected chi connectivity index (χ1v) is 5.02. The molecule has 1 amide bonds. The molecule has 1 aliphatic rings. The molecule has 1 aromatic heterocycles. The second-order valence-electron chi connectivity index (χ2n) is 3.22. The van der Waals surface area contributed by atoms with Gasteiger partial charge < -0.3 is 10.0 Å². The Hall–Kier alpha value is -1.43. The summed E-state index contributed by atoms with van der Waals surface area (Å²) < 4.78 is 0.784. The van der Waals surface area contributed by atoms with E-state index >= 15 is 0 Å². The average molecular weight is 271 g/mol. The number of carbonyl (C=O) groups is 2. The number of halogens is 1. The van der Waals surface area contributed by atoms with Gasteiger partial charge in [0.25, 0.3) is 5.91 Å². The van der Waals surface area contributed by atoms with Crippen LogP contribution in [0, 0.1) is 0 Å². The van der Waals surface area contributed by atoms with Gasteiger partial charge >= 0.3 is 5.97 Å². The molecule has 1 aromatic rings. The van der Waals surface area contributed by atoms with Gasteiger partial charge in [-0.3, -0.25) is 9.59 Å². The van der Waals surface area contributed by atoms with Crippen molar-refractivity contribution in [1.82, 2.24) is 9.88 Å². The summed E-state index contributed by atoms with van der Waals surface area (Å²) >= 11 is 3.25. The molecule has 0 fully saturated rings. The number of amides is 1. The van der Waals surface area contributed by atoms with Crippen molar-refractivity contribution in [3.8, 4) is 0 Å². The summed E-state index contributed by atoms with van der Waals surface area (Å²) in [6.45, 7) is 0.0275. The van der Waals surface area contributed by atoms with Crippen LogP contribution in [0.3, 0.4) is 0 Å². The molecular formula is C9H7BrN2O3. The van der Waals surface area contributed by atoms with E-state index in [4.69, 9.17) is 5.11 Å². The largest absolute Gasteiger partial charge is 0.480 e. The lowest BCUT2D eigenvalue weighted by atomic mass is 10.2.